The van der Waals surface area contributed by atoms with E-state index in [2.05, 4.69) is 44.3 Å². The summed E-state index contributed by atoms with van der Waals surface area (Å²) in [6.45, 7) is 3.13. The molecule has 0 spiro atoms. The lowest BCUT2D eigenvalue weighted by Gasteiger charge is -2.30. The summed E-state index contributed by atoms with van der Waals surface area (Å²) in [6, 6.07) is 8.78. The van der Waals surface area contributed by atoms with Crippen LogP contribution in [0.25, 0.3) is 0 Å². The summed E-state index contributed by atoms with van der Waals surface area (Å²) in [7, 11) is 2.02. The van der Waals surface area contributed by atoms with Gasteiger partial charge in [-0.1, -0.05) is 34.1 Å². The highest BCUT2D eigenvalue weighted by atomic mass is 79.9. The largest absolute Gasteiger partial charge is 0.393 e. The Morgan fingerprint density at radius 1 is 1.37 bits per heavy atom. The Bertz CT molecular complexity index is 391. The first kappa shape index (κ1) is 15.0. The zero-order valence-electron chi connectivity index (χ0n) is 11.5. The second kappa shape index (κ2) is 7.39. The lowest BCUT2D eigenvalue weighted by Crippen LogP contribution is -2.37. The normalized spacial score (nSPS) is 19.5. The summed E-state index contributed by atoms with van der Waals surface area (Å²) >= 11 is 3.62. The summed E-state index contributed by atoms with van der Waals surface area (Å²) in [5, 5.41) is 12.9. The predicted octanol–water partition coefficient (Wildman–Crippen LogP) is 2.56. The van der Waals surface area contributed by atoms with E-state index in [-0.39, 0.29) is 6.10 Å². The van der Waals surface area contributed by atoms with Gasteiger partial charge in [-0.15, -0.1) is 0 Å². The van der Waals surface area contributed by atoms with Crippen molar-refractivity contribution in [3.63, 3.8) is 0 Å². The van der Waals surface area contributed by atoms with Gasteiger partial charge >= 0.3 is 0 Å². The molecule has 1 aromatic carbocycles. The molecule has 0 bridgehead atoms. The van der Waals surface area contributed by atoms with Gasteiger partial charge in [-0.25, -0.2) is 0 Å². The van der Waals surface area contributed by atoms with Crippen LogP contribution in [0.1, 0.15) is 30.9 Å². The molecular formula is C15H23BrN2O. The Balaban J connectivity index is 1.88. The number of rotatable bonds is 5. The van der Waals surface area contributed by atoms with Gasteiger partial charge in [-0.05, 0) is 44.5 Å². The fourth-order valence-electron chi connectivity index (χ4n) is 2.67. The molecule has 2 rings (SSSR count). The van der Waals surface area contributed by atoms with Gasteiger partial charge in [0, 0.05) is 23.6 Å². The number of hydrogen-bond donors (Lipinski definition) is 2. The maximum atomic E-state index is 9.52. The highest BCUT2D eigenvalue weighted by Gasteiger charge is 2.19. The molecule has 1 aromatic rings. The maximum Gasteiger partial charge on any atom is 0.0564 e. The van der Waals surface area contributed by atoms with E-state index >= 15 is 0 Å². The predicted molar refractivity (Wildman–Crippen MR) is 82.2 cm³/mol. The van der Waals surface area contributed by atoms with E-state index in [1.54, 1.807) is 0 Å². The monoisotopic (exact) mass is 326 g/mol. The van der Waals surface area contributed by atoms with Gasteiger partial charge in [0.05, 0.1) is 6.10 Å². The van der Waals surface area contributed by atoms with Gasteiger partial charge < -0.3 is 15.3 Å². The Morgan fingerprint density at radius 2 is 2.05 bits per heavy atom. The smallest absolute Gasteiger partial charge is 0.0564 e. The van der Waals surface area contributed by atoms with Gasteiger partial charge in [0.15, 0.2) is 0 Å². The summed E-state index contributed by atoms with van der Waals surface area (Å²) in [5.41, 5.74) is 1.32. The number of nitrogens with zero attached hydrogens (tertiary/aromatic N) is 1. The summed E-state index contributed by atoms with van der Waals surface area (Å²) in [6.07, 6.45) is 2.84. The topological polar surface area (TPSA) is 35.5 Å². The molecule has 0 saturated carbocycles. The molecule has 0 aliphatic carbocycles. The van der Waals surface area contributed by atoms with Crippen LogP contribution >= 0.6 is 15.9 Å². The van der Waals surface area contributed by atoms with Gasteiger partial charge in [-0.3, -0.25) is 0 Å². The highest BCUT2D eigenvalue weighted by Crippen LogP contribution is 2.25. The van der Waals surface area contributed by atoms with Crippen LogP contribution < -0.4 is 5.32 Å². The summed E-state index contributed by atoms with van der Waals surface area (Å²) < 4.78 is 1.17. The lowest BCUT2D eigenvalue weighted by atomic mass is 10.0. The van der Waals surface area contributed by atoms with E-state index in [9.17, 15) is 5.11 Å². The molecule has 1 saturated heterocycles. The Kier molecular flexibility index (Phi) is 5.82. The molecule has 2 N–H and O–H groups in total. The molecule has 1 aliphatic rings. The van der Waals surface area contributed by atoms with E-state index in [0.29, 0.717) is 6.04 Å². The van der Waals surface area contributed by atoms with Crippen molar-refractivity contribution in [1.82, 2.24) is 10.2 Å². The van der Waals surface area contributed by atoms with Crippen LogP contribution in [0.5, 0.6) is 0 Å². The minimum atomic E-state index is -0.0837. The Labute approximate surface area is 124 Å². The van der Waals surface area contributed by atoms with E-state index in [1.165, 1.54) is 10.0 Å². The van der Waals surface area contributed by atoms with Crippen LogP contribution in [-0.4, -0.2) is 42.8 Å². The number of piperidine rings is 1. The molecule has 4 heteroatoms. The summed E-state index contributed by atoms with van der Waals surface area (Å²) in [5.74, 6) is 0. The minimum Gasteiger partial charge on any atom is -0.393 e. The molecule has 1 aliphatic heterocycles. The molecular weight excluding hydrogens is 304 g/mol. The lowest BCUT2D eigenvalue weighted by molar-refractivity contribution is 0.0807. The number of halogens is 1. The fourth-order valence-corrected chi connectivity index (χ4v) is 3.23. The zero-order chi connectivity index (χ0) is 13.7. The minimum absolute atomic E-state index is 0.0837. The van der Waals surface area contributed by atoms with Crippen molar-refractivity contribution in [1.29, 1.82) is 0 Å². The molecule has 1 fully saturated rings. The molecule has 106 valence electrons. The van der Waals surface area contributed by atoms with E-state index in [4.69, 9.17) is 0 Å². The van der Waals surface area contributed by atoms with Crippen molar-refractivity contribution >= 4 is 15.9 Å². The van der Waals surface area contributed by atoms with Crippen molar-refractivity contribution in [2.24, 2.45) is 0 Å². The third-order valence-electron chi connectivity index (χ3n) is 3.92. The van der Waals surface area contributed by atoms with Crippen molar-refractivity contribution in [2.75, 3.05) is 26.7 Å². The number of aliphatic hydroxyl groups is 1. The summed E-state index contributed by atoms with van der Waals surface area (Å²) in [4.78, 5) is 2.45. The second-order valence-electron chi connectivity index (χ2n) is 5.22. The first-order valence-electron chi connectivity index (χ1n) is 7.03. The third-order valence-corrected chi connectivity index (χ3v) is 4.64. The number of hydrogen-bond acceptors (Lipinski definition) is 3. The Hall–Kier alpha value is -0.420. The van der Waals surface area contributed by atoms with Crippen LogP contribution in [0.4, 0.5) is 0 Å². The fraction of sp³-hybridized carbons (Fsp3) is 0.600. The van der Waals surface area contributed by atoms with E-state index in [0.717, 1.165) is 38.9 Å². The van der Waals surface area contributed by atoms with Gasteiger partial charge in [0.1, 0.15) is 0 Å². The Morgan fingerprint density at radius 3 is 2.68 bits per heavy atom. The molecule has 19 heavy (non-hydrogen) atoms. The molecule has 3 nitrogen and oxygen atoms in total. The molecule has 1 unspecified atom stereocenters. The standard InChI is InChI=1S/C15H23BrN2O/c1-17-15(13-4-2-3-5-14(13)16)8-11-18-9-6-12(19)7-10-18/h2-5,12,15,17,19H,6-11H2,1H3. The van der Waals surface area contributed by atoms with Gasteiger partial charge in [-0.2, -0.15) is 0 Å². The zero-order valence-corrected chi connectivity index (χ0v) is 13.1. The van der Waals surface area contributed by atoms with Crippen LogP contribution in [0.2, 0.25) is 0 Å². The van der Waals surface area contributed by atoms with Crippen molar-refractivity contribution in [3.8, 4) is 0 Å². The third kappa shape index (κ3) is 4.28. The van der Waals surface area contributed by atoms with Crippen LogP contribution in [0.3, 0.4) is 0 Å². The van der Waals surface area contributed by atoms with Gasteiger partial charge in [0.2, 0.25) is 0 Å². The van der Waals surface area contributed by atoms with Gasteiger partial charge in [0.25, 0.3) is 0 Å². The first-order chi connectivity index (χ1) is 9.20. The van der Waals surface area contributed by atoms with Crippen molar-refractivity contribution in [2.45, 2.75) is 31.4 Å². The SMILES string of the molecule is CNC(CCN1CCC(O)CC1)c1ccccc1Br. The number of nitrogens with one attached hydrogen (secondary N) is 1. The number of likely N-dealkylation sites (tertiary alicyclic amines) is 1. The van der Waals surface area contributed by atoms with Crippen LogP contribution in [0, 0.1) is 0 Å². The van der Waals surface area contributed by atoms with Crippen LogP contribution in [0.15, 0.2) is 28.7 Å². The quantitative estimate of drug-likeness (QED) is 0.872. The molecule has 1 atom stereocenters. The maximum absolute atomic E-state index is 9.52. The highest BCUT2D eigenvalue weighted by molar-refractivity contribution is 9.10. The van der Waals surface area contributed by atoms with E-state index < -0.39 is 0 Å². The average Bonchev–Trinajstić information content (AvgIpc) is 2.43. The second-order valence-corrected chi connectivity index (χ2v) is 6.08. The van der Waals surface area contributed by atoms with Crippen molar-refractivity contribution in [3.05, 3.63) is 34.3 Å². The van der Waals surface area contributed by atoms with Crippen LogP contribution in [-0.2, 0) is 0 Å². The van der Waals surface area contributed by atoms with Crippen molar-refractivity contribution < 1.29 is 5.11 Å². The average molecular weight is 327 g/mol. The van der Waals surface area contributed by atoms with E-state index in [1.807, 2.05) is 13.1 Å². The number of benzene rings is 1. The molecule has 1 heterocycles. The molecule has 0 radical (unpaired) electrons. The molecule has 0 amide bonds. The molecule has 0 aromatic heterocycles. The number of aliphatic hydroxyl groups excluding tert-OH is 1. The first-order valence-corrected chi connectivity index (χ1v) is 7.82.